The van der Waals surface area contributed by atoms with Gasteiger partial charge in [0.2, 0.25) is 0 Å². The summed E-state index contributed by atoms with van der Waals surface area (Å²) in [6.07, 6.45) is 3.73. The van der Waals surface area contributed by atoms with Crippen LogP contribution in [0.1, 0.15) is 12.5 Å². The highest BCUT2D eigenvalue weighted by atomic mass is 32.2. The summed E-state index contributed by atoms with van der Waals surface area (Å²) >= 11 is 0. The van der Waals surface area contributed by atoms with Crippen molar-refractivity contribution in [1.82, 2.24) is 0 Å². The number of benzene rings is 2. The molecule has 0 saturated carbocycles. The van der Waals surface area contributed by atoms with E-state index in [-0.39, 0.29) is 4.90 Å². The summed E-state index contributed by atoms with van der Waals surface area (Å²) in [5, 5.41) is 0. The van der Waals surface area contributed by atoms with Crippen molar-refractivity contribution in [1.29, 1.82) is 0 Å². The quantitative estimate of drug-likeness (QED) is 0.826. The molecule has 0 unspecified atom stereocenters. The third-order valence-electron chi connectivity index (χ3n) is 3.03. The van der Waals surface area contributed by atoms with Crippen LogP contribution in [0, 0.1) is 6.92 Å². The van der Waals surface area contributed by atoms with E-state index in [2.05, 4.69) is 4.72 Å². The highest BCUT2D eigenvalue weighted by Gasteiger charge is 2.16. The standard InChI is InChI=1S/C17H19NO3S/c1-3-4-13-21-17-8-6-5-7-16(17)18-22(19,20)15-11-9-14(2)10-12-15/h3-12,18H,13H2,1-2H3/b4-3+. The second-order valence-electron chi connectivity index (χ2n) is 4.79. The van der Waals surface area contributed by atoms with Gasteiger partial charge in [0.1, 0.15) is 12.4 Å². The van der Waals surface area contributed by atoms with E-state index in [4.69, 9.17) is 4.74 Å². The highest BCUT2D eigenvalue weighted by molar-refractivity contribution is 7.92. The Kier molecular flexibility index (Phi) is 5.22. The number of para-hydroxylation sites is 2. The van der Waals surface area contributed by atoms with E-state index in [1.807, 2.05) is 26.0 Å². The van der Waals surface area contributed by atoms with Crippen molar-refractivity contribution in [2.45, 2.75) is 18.7 Å². The van der Waals surface area contributed by atoms with Crippen LogP contribution in [0.15, 0.2) is 65.6 Å². The van der Waals surface area contributed by atoms with Gasteiger partial charge in [-0.1, -0.05) is 42.0 Å². The Hall–Kier alpha value is -2.27. The maximum absolute atomic E-state index is 12.4. The molecule has 0 saturated heterocycles. The van der Waals surface area contributed by atoms with Gasteiger partial charge >= 0.3 is 0 Å². The Labute approximate surface area is 131 Å². The Morgan fingerprint density at radius 2 is 1.77 bits per heavy atom. The highest BCUT2D eigenvalue weighted by Crippen LogP contribution is 2.26. The van der Waals surface area contributed by atoms with Crippen molar-refractivity contribution in [2.75, 3.05) is 11.3 Å². The number of rotatable bonds is 6. The van der Waals surface area contributed by atoms with E-state index in [0.717, 1.165) is 5.56 Å². The molecule has 1 N–H and O–H groups in total. The zero-order chi connectivity index (χ0) is 16.0. The van der Waals surface area contributed by atoms with Crippen molar-refractivity contribution in [3.63, 3.8) is 0 Å². The fourth-order valence-corrected chi connectivity index (χ4v) is 2.90. The van der Waals surface area contributed by atoms with Gasteiger partial charge in [-0.15, -0.1) is 0 Å². The van der Waals surface area contributed by atoms with Crippen molar-refractivity contribution in [3.8, 4) is 5.75 Å². The fraction of sp³-hybridized carbons (Fsp3) is 0.176. The average molecular weight is 317 g/mol. The maximum Gasteiger partial charge on any atom is 0.262 e. The minimum Gasteiger partial charge on any atom is -0.487 e. The average Bonchev–Trinajstić information content (AvgIpc) is 2.49. The zero-order valence-electron chi connectivity index (χ0n) is 12.6. The number of anilines is 1. The van der Waals surface area contributed by atoms with Gasteiger partial charge in [0, 0.05) is 0 Å². The molecular formula is C17H19NO3S. The van der Waals surface area contributed by atoms with Gasteiger partial charge in [-0.2, -0.15) is 0 Å². The van der Waals surface area contributed by atoms with Crippen LogP contribution in [0.5, 0.6) is 5.75 Å². The van der Waals surface area contributed by atoms with Crippen LogP contribution in [0.4, 0.5) is 5.69 Å². The van der Waals surface area contributed by atoms with E-state index in [1.165, 1.54) is 0 Å². The van der Waals surface area contributed by atoms with Gasteiger partial charge in [-0.3, -0.25) is 4.72 Å². The monoisotopic (exact) mass is 317 g/mol. The van der Waals surface area contributed by atoms with Crippen LogP contribution < -0.4 is 9.46 Å². The maximum atomic E-state index is 12.4. The third-order valence-corrected chi connectivity index (χ3v) is 4.41. The molecule has 0 heterocycles. The summed E-state index contributed by atoms with van der Waals surface area (Å²) in [4.78, 5) is 0.223. The first kappa shape index (κ1) is 16.1. The van der Waals surface area contributed by atoms with E-state index >= 15 is 0 Å². The van der Waals surface area contributed by atoms with E-state index in [1.54, 1.807) is 48.5 Å². The molecule has 2 aromatic carbocycles. The van der Waals surface area contributed by atoms with Crippen molar-refractivity contribution in [3.05, 3.63) is 66.2 Å². The molecule has 0 aromatic heterocycles. The molecule has 5 heteroatoms. The normalized spacial score (nSPS) is 11.5. The number of nitrogens with one attached hydrogen (secondary N) is 1. The van der Waals surface area contributed by atoms with Gasteiger partial charge in [0.25, 0.3) is 10.0 Å². The number of hydrogen-bond donors (Lipinski definition) is 1. The summed E-state index contributed by atoms with van der Waals surface area (Å²) in [7, 11) is -3.63. The van der Waals surface area contributed by atoms with Crippen molar-refractivity contribution in [2.24, 2.45) is 0 Å². The molecule has 0 radical (unpaired) electrons. The summed E-state index contributed by atoms with van der Waals surface area (Å²) in [6.45, 7) is 4.20. The minimum atomic E-state index is -3.63. The number of hydrogen-bond acceptors (Lipinski definition) is 3. The van der Waals surface area contributed by atoms with Crippen LogP contribution in [0.3, 0.4) is 0 Å². The molecular weight excluding hydrogens is 298 g/mol. The molecule has 0 bridgehead atoms. The Bertz CT molecular complexity index is 750. The van der Waals surface area contributed by atoms with E-state index in [9.17, 15) is 8.42 Å². The zero-order valence-corrected chi connectivity index (χ0v) is 13.4. The van der Waals surface area contributed by atoms with E-state index in [0.29, 0.717) is 18.0 Å². The lowest BCUT2D eigenvalue weighted by molar-refractivity contribution is 0.364. The smallest absolute Gasteiger partial charge is 0.262 e. The van der Waals surface area contributed by atoms with Crippen LogP contribution in [0.2, 0.25) is 0 Å². The minimum absolute atomic E-state index is 0.223. The molecule has 0 fully saturated rings. The number of ether oxygens (including phenoxy) is 1. The summed E-state index contributed by atoms with van der Waals surface area (Å²) < 4.78 is 33.0. The molecule has 0 aliphatic carbocycles. The largest absolute Gasteiger partial charge is 0.487 e. The first-order chi connectivity index (χ1) is 10.5. The summed E-state index contributed by atoms with van der Waals surface area (Å²) in [6, 6.07) is 13.7. The molecule has 22 heavy (non-hydrogen) atoms. The van der Waals surface area contributed by atoms with Gasteiger partial charge < -0.3 is 4.74 Å². The second-order valence-corrected chi connectivity index (χ2v) is 6.48. The molecule has 0 amide bonds. The molecule has 0 atom stereocenters. The van der Waals surface area contributed by atoms with Gasteiger partial charge in [0.15, 0.2) is 0 Å². The summed E-state index contributed by atoms with van der Waals surface area (Å²) in [5.41, 5.74) is 1.43. The molecule has 2 rings (SSSR count). The lowest BCUT2D eigenvalue weighted by atomic mass is 10.2. The second kappa shape index (κ2) is 7.13. The Morgan fingerprint density at radius 3 is 2.45 bits per heavy atom. The number of sulfonamides is 1. The van der Waals surface area contributed by atoms with Crippen LogP contribution in [0.25, 0.3) is 0 Å². The fourth-order valence-electron chi connectivity index (χ4n) is 1.83. The van der Waals surface area contributed by atoms with Gasteiger partial charge in [-0.05, 0) is 38.1 Å². The van der Waals surface area contributed by atoms with Crippen LogP contribution >= 0.6 is 0 Å². The lowest BCUT2D eigenvalue weighted by Crippen LogP contribution is -2.13. The Morgan fingerprint density at radius 1 is 1.09 bits per heavy atom. The topological polar surface area (TPSA) is 55.4 Å². The number of allylic oxidation sites excluding steroid dienone is 1. The van der Waals surface area contributed by atoms with Crippen molar-refractivity contribution < 1.29 is 13.2 Å². The molecule has 0 aliphatic heterocycles. The van der Waals surface area contributed by atoms with Gasteiger partial charge in [-0.25, -0.2) is 8.42 Å². The molecule has 0 aliphatic rings. The molecule has 116 valence electrons. The number of aryl methyl sites for hydroxylation is 1. The first-order valence-corrected chi connectivity index (χ1v) is 8.44. The van der Waals surface area contributed by atoms with Gasteiger partial charge in [0.05, 0.1) is 10.6 Å². The lowest BCUT2D eigenvalue weighted by Gasteiger charge is -2.13. The summed E-state index contributed by atoms with van der Waals surface area (Å²) in [5.74, 6) is 0.497. The SMILES string of the molecule is C/C=C/COc1ccccc1NS(=O)(=O)c1ccc(C)cc1. The Balaban J connectivity index is 2.24. The molecule has 2 aromatic rings. The predicted molar refractivity (Wildman–Crippen MR) is 88.7 cm³/mol. The third kappa shape index (κ3) is 4.11. The predicted octanol–water partition coefficient (Wildman–Crippen LogP) is 3.75. The van der Waals surface area contributed by atoms with Crippen LogP contribution in [-0.4, -0.2) is 15.0 Å². The van der Waals surface area contributed by atoms with Crippen LogP contribution in [-0.2, 0) is 10.0 Å². The molecule has 4 nitrogen and oxygen atoms in total. The van der Waals surface area contributed by atoms with Crippen molar-refractivity contribution >= 4 is 15.7 Å². The molecule has 0 spiro atoms. The van der Waals surface area contributed by atoms with E-state index < -0.39 is 10.0 Å². The first-order valence-electron chi connectivity index (χ1n) is 6.95.